The van der Waals surface area contributed by atoms with Crippen LogP contribution in [0.2, 0.25) is 0 Å². The molecule has 4 rings (SSSR count). The van der Waals surface area contributed by atoms with Crippen molar-refractivity contribution in [1.29, 1.82) is 0 Å². The molecule has 23 heavy (non-hydrogen) atoms. The van der Waals surface area contributed by atoms with E-state index in [1.165, 1.54) is 0 Å². The Labute approximate surface area is 133 Å². The van der Waals surface area contributed by atoms with E-state index in [2.05, 4.69) is 0 Å². The summed E-state index contributed by atoms with van der Waals surface area (Å²) in [6, 6.07) is 19.6. The van der Waals surface area contributed by atoms with Gasteiger partial charge in [0.1, 0.15) is 0 Å². The van der Waals surface area contributed by atoms with Crippen LogP contribution in [0.1, 0.15) is 5.69 Å². The van der Waals surface area contributed by atoms with E-state index in [-0.39, 0.29) is 0 Å². The van der Waals surface area contributed by atoms with E-state index in [0.29, 0.717) is 17.0 Å². The Morgan fingerprint density at radius 3 is 2.13 bits per heavy atom. The highest BCUT2D eigenvalue weighted by Crippen LogP contribution is 2.25. The molecule has 4 heteroatoms. The molecule has 0 saturated carbocycles. The van der Waals surface area contributed by atoms with Crippen LogP contribution in [0.15, 0.2) is 73.1 Å². The number of fused-ring (bicyclic) bond motifs is 1. The van der Waals surface area contributed by atoms with E-state index < -0.39 is 0 Å². The Kier molecular flexibility index (Phi) is 3.08. The second-order valence-electron chi connectivity index (χ2n) is 5.50. The number of rotatable bonds is 2. The van der Waals surface area contributed by atoms with Gasteiger partial charge in [-0.1, -0.05) is 48.5 Å². The highest BCUT2D eigenvalue weighted by molar-refractivity contribution is 5.74. The van der Waals surface area contributed by atoms with Crippen molar-refractivity contribution in [2.24, 2.45) is 0 Å². The van der Waals surface area contributed by atoms with Crippen molar-refractivity contribution in [2.45, 2.75) is 6.92 Å². The predicted molar refractivity (Wildman–Crippen MR) is 89.8 cm³/mol. The summed E-state index contributed by atoms with van der Waals surface area (Å²) < 4.78 is 2.88. The molecule has 0 aliphatic heterocycles. The molecule has 0 saturated heterocycles. The molecule has 0 N–H and O–H groups in total. The van der Waals surface area contributed by atoms with Crippen molar-refractivity contribution >= 4 is 5.65 Å². The van der Waals surface area contributed by atoms with Gasteiger partial charge in [0.25, 0.3) is 5.69 Å². The average Bonchev–Trinajstić information content (AvgIpc) is 3.01. The van der Waals surface area contributed by atoms with Crippen LogP contribution in [-0.2, 0) is 0 Å². The topological polar surface area (TPSA) is 44.2 Å². The molecule has 2 heterocycles. The lowest BCUT2D eigenvalue weighted by Gasteiger charge is -2.08. The third-order valence-corrected chi connectivity index (χ3v) is 3.91. The summed E-state index contributed by atoms with van der Waals surface area (Å²) in [4.78, 5) is 4.70. The quantitative estimate of drug-likeness (QED) is 0.419. The Morgan fingerprint density at radius 1 is 0.870 bits per heavy atom. The Balaban J connectivity index is 2.02. The number of benzene rings is 2. The monoisotopic (exact) mass is 301 g/mol. The molecule has 0 spiro atoms. The summed E-state index contributed by atoms with van der Waals surface area (Å²) in [6.07, 6.45) is 3.78. The summed E-state index contributed by atoms with van der Waals surface area (Å²) in [6.45, 7) is 1.81. The molecule has 4 nitrogen and oxygen atoms in total. The van der Waals surface area contributed by atoms with Gasteiger partial charge in [-0.2, -0.15) is 4.73 Å². The van der Waals surface area contributed by atoms with Gasteiger partial charge >= 0.3 is 0 Å². The first-order valence-corrected chi connectivity index (χ1v) is 7.47. The third kappa shape index (κ3) is 2.25. The van der Waals surface area contributed by atoms with Gasteiger partial charge in [-0.25, -0.2) is 4.98 Å². The summed E-state index contributed by atoms with van der Waals surface area (Å²) >= 11 is 0. The zero-order chi connectivity index (χ0) is 15.8. The number of aryl methyl sites for hydroxylation is 1. The maximum atomic E-state index is 12.6. The molecule has 0 aliphatic rings. The Morgan fingerprint density at radius 2 is 1.48 bits per heavy atom. The minimum atomic E-state index is 0.577. The van der Waals surface area contributed by atoms with E-state index in [4.69, 9.17) is 4.98 Å². The van der Waals surface area contributed by atoms with Gasteiger partial charge in [0.2, 0.25) is 11.3 Å². The fourth-order valence-electron chi connectivity index (χ4n) is 2.78. The molecule has 0 fully saturated rings. The zero-order valence-electron chi connectivity index (χ0n) is 12.7. The molecule has 4 aromatic rings. The maximum absolute atomic E-state index is 12.6. The first kappa shape index (κ1) is 13.5. The Bertz CT molecular complexity index is 976. The third-order valence-electron chi connectivity index (χ3n) is 3.91. The fraction of sp³-hybridized carbons (Fsp3) is 0.0526. The average molecular weight is 301 g/mol. The van der Waals surface area contributed by atoms with Crippen LogP contribution in [0.5, 0.6) is 0 Å². The molecule has 0 bridgehead atoms. The predicted octanol–water partition coefficient (Wildman–Crippen LogP) is 3.61. The van der Waals surface area contributed by atoms with Gasteiger partial charge in [0.05, 0.1) is 17.5 Å². The van der Waals surface area contributed by atoms with Gasteiger partial charge in [-0.05, 0) is 12.1 Å². The van der Waals surface area contributed by atoms with Crippen molar-refractivity contribution < 1.29 is 4.73 Å². The maximum Gasteiger partial charge on any atom is 0.267 e. The molecule has 2 aromatic carbocycles. The second kappa shape index (κ2) is 5.25. The molecular formula is C19H15N3O. The molecule has 0 unspecified atom stereocenters. The molecule has 0 aliphatic carbocycles. The minimum Gasteiger partial charge on any atom is -0.618 e. The SMILES string of the molecule is Cc1cn2cc(-c3ccccc3)nc2c(-c2ccccc2)[n+]1[O-]. The number of imidazole rings is 1. The number of aromatic nitrogens is 3. The van der Waals surface area contributed by atoms with E-state index in [1.54, 1.807) is 6.92 Å². The first-order chi connectivity index (χ1) is 11.2. The minimum absolute atomic E-state index is 0.577. The summed E-state index contributed by atoms with van der Waals surface area (Å²) in [5, 5.41) is 12.6. The highest BCUT2D eigenvalue weighted by atomic mass is 16.5. The van der Waals surface area contributed by atoms with E-state index in [0.717, 1.165) is 21.6 Å². The first-order valence-electron chi connectivity index (χ1n) is 7.47. The van der Waals surface area contributed by atoms with Crippen molar-refractivity contribution in [3.8, 4) is 22.5 Å². The van der Waals surface area contributed by atoms with Crippen LogP contribution in [-0.4, -0.2) is 9.38 Å². The Hall–Kier alpha value is -3.14. The van der Waals surface area contributed by atoms with Crippen molar-refractivity contribution in [1.82, 2.24) is 9.38 Å². The van der Waals surface area contributed by atoms with E-state index >= 15 is 0 Å². The van der Waals surface area contributed by atoms with Gasteiger partial charge in [-0.3, -0.25) is 4.40 Å². The lowest BCUT2D eigenvalue weighted by Crippen LogP contribution is -2.34. The van der Waals surface area contributed by atoms with Gasteiger partial charge in [0, 0.05) is 18.7 Å². The molecule has 2 aromatic heterocycles. The molecule has 0 amide bonds. The van der Waals surface area contributed by atoms with Crippen LogP contribution in [0.25, 0.3) is 28.2 Å². The van der Waals surface area contributed by atoms with E-state index in [1.807, 2.05) is 77.5 Å². The molecule has 112 valence electrons. The lowest BCUT2D eigenvalue weighted by molar-refractivity contribution is -0.600. The lowest BCUT2D eigenvalue weighted by atomic mass is 10.1. The van der Waals surface area contributed by atoms with Crippen molar-refractivity contribution in [2.75, 3.05) is 0 Å². The van der Waals surface area contributed by atoms with Gasteiger partial charge < -0.3 is 5.21 Å². The largest absolute Gasteiger partial charge is 0.618 e. The van der Waals surface area contributed by atoms with Crippen molar-refractivity contribution in [3.63, 3.8) is 0 Å². The van der Waals surface area contributed by atoms with Crippen LogP contribution in [0.3, 0.4) is 0 Å². The second-order valence-corrected chi connectivity index (χ2v) is 5.50. The highest BCUT2D eigenvalue weighted by Gasteiger charge is 2.20. The van der Waals surface area contributed by atoms with Gasteiger partial charge in [0.15, 0.2) is 0 Å². The van der Waals surface area contributed by atoms with Crippen LogP contribution in [0, 0.1) is 12.1 Å². The summed E-state index contributed by atoms with van der Waals surface area (Å²) in [5.41, 5.74) is 4.62. The van der Waals surface area contributed by atoms with Crippen molar-refractivity contribution in [3.05, 3.63) is 84.0 Å². The van der Waals surface area contributed by atoms with Crippen LogP contribution >= 0.6 is 0 Å². The summed E-state index contributed by atoms with van der Waals surface area (Å²) in [5.74, 6) is 0. The fourth-order valence-corrected chi connectivity index (χ4v) is 2.78. The standard InChI is InChI=1S/C19H15N3O/c1-14-12-21-13-17(15-8-4-2-5-9-15)20-19(21)18(22(14)23)16-10-6-3-7-11-16/h2-13H,1H3. The number of nitrogens with zero attached hydrogens (tertiary/aromatic N) is 3. The van der Waals surface area contributed by atoms with Crippen LogP contribution in [0.4, 0.5) is 0 Å². The summed E-state index contributed by atoms with van der Waals surface area (Å²) in [7, 11) is 0. The number of hydrogen-bond donors (Lipinski definition) is 0. The van der Waals surface area contributed by atoms with Crippen LogP contribution < -0.4 is 4.73 Å². The molecular weight excluding hydrogens is 286 g/mol. The number of hydrogen-bond acceptors (Lipinski definition) is 2. The van der Waals surface area contributed by atoms with Gasteiger partial charge in [-0.15, -0.1) is 0 Å². The molecule has 0 radical (unpaired) electrons. The zero-order valence-corrected chi connectivity index (χ0v) is 12.7. The smallest absolute Gasteiger partial charge is 0.267 e. The van der Waals surface area contributed by atoms with E-state index in [9.17, 15) is 5.21 Å². The molecule has 0 atom stereocenters. The normalized spacial score (nSPS) is 11.0.